The van der Waals surface area contributed by atoms with Crippen LogP contribution in [0.1, 0.15) is 36.9 Å². The van der Waals surface area contributed by atoms with Crippen molar-refractivity contribution >= 4 is 0 Å². The smallest absolute Gasteiger partial charge is 0.229 e. The van der Waals surface area contributed by atoms with Gasteiger partial charge in [0.2, 0.25) is 11.7 Å². The van der Waals surface area contributed by atoms with E-state index in [4.69, 9.17) is 15.0 Å². The number of nitrogens with two attached hydrogens (primary N) is 1. The van der Waals surface area contributed by atoms with Gasteiger partial charge in [0, 0.05) is 12.0 Å². The molecule has 0 amide bonds. The molecule has 2 atom stereocenters. The summed E-state index contributed by atoms with van der Waals surface area (Å²) in [5.41, 5.74) is 5.86. The molecule has 6 heteroatoms. The molecule has 1 aliphatic rings. The van der Waals surface area contributed by atoms with Gasteiger partial charge in [-0.25, -0.2) is 4.39 Å². The first-order valence-electron chi connectivity index (χ1n) is 6.68. The van der Waals surface area contributed by atoms with Gasteiger partial charge in [-0.2, -0.15) is 4.98 Å². The molecule has 5 nitrogen and oxygen atoms in total. The third-order valence-electron chi connectivity index (χ3n) is 3.50. The fraction of sp³-hybridized carbons (Fsp3) is 0.429. The van der Waals surface area contributed by atoms with Crippen LogP contribution in [0.15, 0.2) is 28.8 Å². The van der Waals surface area contributed by atoms with Crippen molar-refractivity contribution in [2.45, 2.75) is 37.8 Å². The Hall–Kier alpha value is -1.95. The van der Waals surface area contributed by atoms with Gasteiger partial charge in [-0.05, 0) is 31.4 Å². The summed E-state index contributed by atoms with van der Waals surface area (Å²) in [6, 6.07) is 6.44. The van der Waals surface area contributed by atoms with Crippen molar-refractivity contribution in [3.8, 4) is 5.75 Å². The van der Waals surface area contributed by atoms with Gasteiger partial charge in [-0.1, -0.05) is 17.3 Å². The maximum absolute atomic E-state index is 13.4. The number of benzene rings is 1. The number of nitrogens with zero attached hydrogens (tertiary/aromatic N) is 2. The van der Waals surface area contributed by atoms with E-state index in [0.717, 1.165) is 19.3 Å². The summed E-state index contributed by atoms with van der Waals surface area (Å²) in [6.07, 6.45) is 2.82. The molecule has 3 rings (SSSR count). The zero-order valence-electron chi connectivity index (χ0n) is 11.0. The van der Waals surface area contributed by atoms with Crippen molar-refractivity contribution in [2.75, 3.05) is 0 Å². The Morgan fingerprint density at radius 3 is 2.95 bits per heavy atom. The first kappa shape index (κ1) is 13.1. The van der Waals surface area contributed by atoms with Crippen molar-refractivity contribution in [1.82, 2.24) is 10.1 Å². The molecule has 20 heavy (non-hydrogen) atoms. The fourth-order valence-corrected chi connectivity index (χ4v) is 2.44. The Bertz CT molecular complexity index is 587. The molecule has 2 unspecified atom stereocenters. The predicted molar refractivity (Wildman–Crippen MR) is 69.6 cm³/mol. The lowest BCUT2D eigenvalue weighted by molar-refractivity contribution is 0.271. The van der Waals surface area contributed by atoms with Crippen LogP contribution in [0.5, 0.6) is 5.75 Å². The number of hydrogen-bond donors (Lipinski definition) is 1. The Morgan fingerprint density at radius 2 is 2.20 bits per heavy atom. The van der Waals surface area contributed by atoms with E-state index < -0.39 is 5.82 Å². The van der Waals surface area contributed by atoms with Gasteiger partial charge in [0.1, 0.15) is 0 Å². The van der Waals surface area contributed by atoms with Crippen LogP contribution in [-0.4, -0.2) is 16.2 Å². The lowest BCUT2D eigenvalue weighted by atomic mass is 10.1. The molecule has 0 spiro atoms. The Morgan fingerprint density at radius 1 is 1.35 bits per heavy atom. The van der Waals surface area contributed by atoms with Crippen molar-refractivity contribution in [3.63, 3.8) is 0 Å². The highest BCUT2D eigenvalue weighted by atomic mass is 19.1. The molecule has 0 radical (unpaired) electrons. The van der Waals surface area contributed by atoms with Gasteiger partial charge in [0.05, 0.1) is 0 Å². The number of aromatic nitrogens is 2. The molecular weight excluding hydrogens is 261 g/mol. The van der Waals surface area contributed by atoms with Crippen molar-refractivity contribution in [1.29, 1.82) is 0 Å². The molecule has 0 aliphatic heterocycles. The van der Waals surface area contributed by atoms with E-state index in [1.807, 2.05) is 0 Å². The zero-order chi connectivity index (χ0) is 13.9. The average molecular weight is 277 g/mol. The summed E-state index contributed by atoms with van der Waals surface area (Å²) in [5.74, 6) is 1.04. The second-order valence-corrected chi connectivity index (χ2v) is 5.04. The van der Waals surface area contributed by atoms with E-state index in [2.05, 4.69) is 10.1 Å². The van der Waals surface area contributed by atoms with Crippen LogP contribution in [0.2, 0.25) is 0 Å². The minimum atomic E-state index is -0.405. The normalized spacial score (nSPS) is 22.1. The third kappa shape index (κ3) is 2.80. The minimum absolute atomic E-state index is 0.0865. The summed E-state index contributed by atoms with van der Waals surface area (Å²) in [4.78, 5) is 4.29. The molecule has 1 fully saturated rings. The SMILES string of the molecule is NC1CCC(c2nc(COc3ccccc3F)no2)C1. The summed E-state index contributed by atoms with van der Waals surface area (Å²) >= 11 is 0. The highest BCUT2D eigenvalue weighted by Crippen LogP contribution is 2.32. The van der Waals surface area contributed by atoms with Gasteiger partial charge < -0.3 is 15.0 Å². The number of hydrogen-bond acceptors (Lipinski definition) is 5. The lowest BCUT2D eigenvalue weighted by Gasteiger charge is -2.03. The molecule has 1 aromatic carbocycles. The summed E-state index contributed by atoms with van der Waals surface area (Å²) in [5, 5.41) is 3.86. The largest absolute Gasteiger partial charge is 0.482 e. The van der Waals surface area contributed by atoms with Crippen LogP contribution in [0.4, 0.5) is 4.39 Å². The molecule has 1 aliphatic carbocycles. The summed E-state index contributed by atoms with van der Waals surface area (Å²) in [7, 11) is 0. The van der Waals surface area contributed by atoms with Crippen molar-refractivity contribution < 1.29 is 13.7 Å². The second kappa shape index (κ2) is 5.58. The number of ether oxygens (including phenoxy) is 1. The highest BCUT2D eigenvalue weighted by molar-refractivity contribution is 5.23. The highest BCUT2D eigenvalue weighted by Gasteiger charge is 2.27. The summed E-state index contributed by atoms with van der Waals surface area (Å²) < 4.78 is 23.9. The zero-order valence-corrected chi connectivity index (χ0v) is 11.0. The van der Waals surface area contributed by atoms with Gasteiger partial charge >= 0.3 is 0 Å². The Kier molecular flexibility index (Phi) is 3.64. The maximum Gasteiger partial charge on any atom is 0.229 e. The average Bonchev–Trinajstić information content (AvgIpc) is 3.06. The molecule has 1 saturated carbocycles. The van der Waals surface area contributed by atoms with Crippen LogP contribution in [0, 0.1) is 5.82 Å². The van der Waals surface area contributed by atoms with Gasteiger partial charge in [-0.3, -0.25) is 0 Å². The van der Waals surface area contributed by atoms with E-state index in [9.17, 15) is 4.39 Å². The van der Waals surface area contributed by atoms with Crippen LogP contribution >= 0.6 is 0 Å². The number of rotatable bonds is 4. The molecule has 1 heterocycles. The van der Waals surface area contributed by atoms with Crippen LogP contribution in [0.3, 0.4) is 0 Å². The monoisotopic (exact) mass is 277 g/mol. The lowest BCUT2D eigenvalue weighted by Crippen LogP contribution is -2.14. The van der Waals surface area contributed by atoms with Crippen molar-refractivity contribution in [2.24, 2.45) is 5.73 Å². The van der Waals surface area contributed by atoms with Crippen LogP contribution in [0.25, 0.3) is 0 Å². The van der Waals surface area contributed by atoms with Gasteiger partial charge in [0.15, 0.2) is 18.2 Å². The Labute approximate surface area is 115 Å². The fourth-order valence-electron chi connectivity index (χ4n) is 2.44. The van der Waals surface area contributed by atoms with Crippen LogP contribution in [-0.2, 0) is 6.61 Å². The minimum Gasteiger partial charge on any atom is -0.482 e. The maximum atomic E-state index is 13.4. The first-order valence-corrected chi connectivity index (χ1v) is 6.68. The molecular formula is C14H16FN3O2. The number of halogens is 1. The van der Waals surface area contributed by atoms with E-state index in [0.29, 0.717) is 11.7 Å². The standard InChI is InChI=1S/C14H16FN3O2/c15-11-3-1-2-4-12(11)19-8-13-17-14(20-18-13)9-5-6-10(16)7-9/h1-4,9-10H,5-8,16H2. The van der Waals surface area contributed by atoms with E-state index in [1.54, 1.807) is 18.2 Å². The Balaban J connectivity index is 1.62. The second-order valence-electron chi connectivity index (χ2n) is 5.04. The molecule has 2 N–H and O–H groups in total. The van der Waals surface area contributed by atoms with E-state index in [-0.39, 0.29) is 24.3 Å². The van der Waals surface area contributed by atoms with Crippen molar-refractivity contribution in [3.05, 3.63) is 41.8 Å². The van der Waals surface area contributed by atoms with Gasteiger partial charge in [0.25, 0.3) is 0 Å². The third-order valence-corrected chi connectivity index (χ3v) is 3.50. The predicted octanol–water partition coefficient (Wildman–Crippen LogP) is 2.38. The molecule has 106 valence electrons. The molecule has 1 aromatic heterocycles. The van der Waals surface area contributed by atoms with E-state index >= 15 is 0 Å². The first-order chi connectivity index (χ1) is 9.72. The van der Waals surface area contributed by atoms with E-state index in [1.165, 1.54) is 6.07 Å². The number of para-hydroxylation sites is 1. The topological polar surface area (TPSA) is 74.2 Å². The summed E-state index contributed by atoms with van der Waals surface area (Å²) in [6.45, 7) is 0.0865. The van der Waals surface area contributed by atoms with Gasteiger partial charge in [-0.15, -0.1) is 0 Å². The molecule has 0 saturated heterocycles. The van der Waals surface area contributed by atoms with Crippen LogP contribution < -0.4 is 10.5 Å². The quantitative estimate of drug-likeness (QED) is 0.928. The molecule has 2 aromatic rings. The molecule has 0 bridgehead atoms.